The van der Waals surface area contributed by atoms with Crippen molar-refractivity contribution in [3.05, 3.63) is 106 Å². The Balaban J connectivity index is 1.50. The Kier molecular flexibility index (Phi) is 8.24. The van der Waals surface area contributed by atoms with E-state index in [1.54, 1.807) is 16.4 Å². The number of benzene rings is 3. The van der Waals surface area contributed by atoms with Crippen LogP contribution < -0.4 is 15.4 Å². The van der Waals surface area contributed by atoms with Gasteiger partial charge in [0.05, 0.1) is 5.57 Å². The number of hydrogen-bond donors (Lipinski definition) is 2. The summed E-state index contributed by atoms with van der Waals surface area (Å²) in [6.07, 6.45) is 1.01. The van der Waals surface area contributed by atoms with E-state index in [1.807, 2.05) is 86.6 Å². The molecular weight excluding hydrogens is 530 g/mol. The van der Waals surface area contributed by atoms with Gasteiger partial charge in [0, 0.05) is 27.7 Å². The van der Waals surface area contributed by atoms with Crippen molar-refractivity contribution in [2.24, 2.45) is 0 Å². The molecule has 1 atom stereocenters. The van der Waals surface area contributed by atoms with E-state index in [9.17, 15) is 4.79 Å². The predicted molar refractivity (Wildman–Crippen MR) is 158 cm³/mol. The number of aryl methyl sites for hydroxylation is 1. The van der Waals surface area contributed by atoms with Gasteiger partial charge in [0.25, 0.3) is 5.91 Å². The van der Waals surface area contributed by atoms with Crippen LogP contribution in [0, 0.1) is 6.92 Å². The van der Waals surface area contributed by atoms with Crippen LogP contribution in [0.15, 0.2) is 89.2 Å². The Morgan fingerprint density at radius 1 is 1.10 bits per heavy atom. The topological polar surface area (TPSA) is 81.1 Å². The van der Waals surface area contributed by atoms with E-state index < -0.39 is 6.04 Å². The first kappa shape index (κ1) is 26.8. The number of hydrogen-bond acceptors (Lipinski definition) is 6. The number of ether oxygens (including phenoxy) is 1. The summed E-state index contributed by atoms with van der Waals surface area (Å²) < 4.78 is 7.91. The quantitative estimate of drug-likeness (QED) is 0.210. The minimum Gasteiger partial charge on any atom is -0.489 e. The number of carbonyl (C=O) groups excluding carboxylic acids is 1. The summed E-state index contributed by atoms with van der Waals surface area (Å²) in [6, 6.07) is 22.6. The second-order valence-electron chi connectivity index (χ2n) is 9.35. The number of anilines is 2. The number of halogens is 1. The molecule has 0 spiro atoms. The molecule has 1 aliphatic heterocycles. The molecule has 1 aromatic heterocycles. The fraction of sp³-hybridized carbons (Fsp3) is 0.233. The van der Waals surface area contributed by atoms with Gasteiger partial charge in [-0.05, 0) is 56.2 Å². The average molecular weight is 560 g/mol. The average Bonchev–Trinajstić information content (AvgIpc) is 3.34. The summed E-state index contributed by atoms with van der Waals surface area (Å²) in [5.74, 6) is 1.97. The minimum atomic E-state index is -0.501. The van der Waals surface area contributed by atoms with E-state index in [0.717, 1.165) is 40.2 Å². The molecule has 5 rings (SSSR count). The molecule has 0 saturated heterocycles. The number of fused-ring (bicyclic) bond motifs is 1. The number of rotatable bonds is 9. The third-order valence-corrected chi connectivity index (χ3v) is 7.76. The molecular formula is C30H30ClN5O2S. The van der Waals surface area contributed by atoms with Gasteiger partial charge in [-0.3, -0.25) is 4.79 Å². The number of thioether (sulfide) groups is 1. The number of aromatic nitrogens is 3. The zero-order valence-electron chi connectivity index (χ0n) is 22.1. The van der Waals surface area contributed by atoms with E-state index >= 15 is 0 Å². The first-order valence-corrected chi connectivity index (χ1v) is 14.2. The van der Waals surface area contributed by atoms with Gasteiger partial charge >= 0.3 is 0 Å². The maximum Gasteiger partial charge on any atom is 0.255 e. The van der Waals surface area contributed by atoms with Crippen LogP contribution in [-0.2, 0) is 11.4 Å². The van der Waals surface area contributed by atoms with Crippen molar-refractivity contribution < 1.29 is 9.53 Å². The van der Waals surface area contributed by atoms with Crippen molar-refractivity contribution in [2.45, 2.75) is 45.0 Å². The molecule has 0 bridgehead atoms. The summed E-state index contributed by atoms with van der Waals surface area (Å²) >= 11 is 7.92. The fourth-order valence-electron chi connectivity index (χ4n) is 4.37. The van der Waals surface area contributed by atoms with Crippen LogP contribution in [0.5, 0.6) is 5.75 Å². The van der Waals surface area contributed by atoms with Crippen molar-refractivity contribution >= 4 is 40.9 Å². The van der Waals surface area contributed by atoms with Crippen molar-refractivity contribution in [2.75, 3.05) is 16.4 Å². The number of allylic oxidation sites excluding steroid dienone is 1. The van der Waals surface area contributed by atoms with Crippen LogP contribution in [0.2, 0.25) is 5.02 Å². The Hall–Kier alpha value is -3.75. The van der Waals surface area contributed by atoms with Crippen molar-refractivity contribution in [1.29, 1.82) is 0 Å². The van der Waals surface area contributed by atoms with Gasteiger partial charge in [0.2, 0.25) is 11.1 Å². The van der Waals surface area contributed by atoms with Crippen molar-refractivity contribution in [3.63, 3.8) is 0 Å². The van der Waals surface area contributed by atoms with Crippen molar-refractivity contribution in [1.82, 2.24) is 14.8 Å². The highest BCUT2D eigenvalue weighted by molar-refractivity contribution is 7.99. The second-order valence-corrected chi connectivity index (χ2v) is 10.8. The lowest BCUT2D eigenvalue weighted by molar-refractivity contribution is -0.113. The molecule has 2 heterocycles. The van der Waals surface area contributed by atoms with Crippen LogP contribution in [-0.4, -0.2) is 26.4 Å². The molecule has 0 radical (unpaired) electrons. The lowest BCUT2D eigenvalue weighted by Crippen LogP contribution is -2.31. The maximum absolute atomic E-state index is 13.7. The molecule has 2 N–H and O–H groups in total. The Morgan fingerprint density at radius 3 is 2.67 bits per heavy atom. The summed E-state index contributed by atoms with van der Waals surface area (Å²) in [5, 5.41) is 12.5. The van der Waals surface area contributed by atoms with E-state index in [2.05, 4.69) is 17.6 Å². The van der Waals surface area contributed by atoms with Gasteiger partial charge in [-0.1, -0.05) is 78.3 Å². The van der Waals surface area contributed by atoms with Crippen LogP contribution in [0.3, 0.4) is 0 Å². The summed E-state index contributed by atoms with van der Waals surface area (Å²) in [7, 11) is 0. The van der Waals surface area contributed by atoms with Gasteiger partial charge < -0.3 is 15.4 Å². The van der Waals surface area contributed by atoms with Gasteiger partial charge in [0.1, 0.15) is 18.4 Å². The molecule has 1 aliphatic rings. The summed E-state index contributed by atoms with van der Waals surface area (Å²) in [5.41, 5.74) is 4.89. The summed E-state index contributed by atoms with van der Waals surface area (Å²) in [4.78, 5) is 18.4. The third kappa shape index (κ3) is 6.13. The normalized spacial score (nSPS) is 14.5. The van der Waals surface area contributed by atoms with Crippen LogP contribution in [0.4, 0.5) is 11.6 Å². The van der Waals surface area contributed by atoms with Gasteiger partial charge in [0.15, 0.2) is 0 Å². The van der Waals surface area contributed by atoms with Gasteiger partial charge in [-0.25, -0.2) is 4.68 Å². The molecule has 1 amide bonds. The number of nitrogens with zero attached hydrogens (tertiary/aromatic N) is 3. The van der Waals surface area contributed by atoms with Gasteiger partial charge in [-0.15, -0.1) is 5.10 Å². The lowest BCUT2D eigenvalue weighted by atomic mass is 9.94. The molecule has 200 valence electrons. The Bertz CT molecular complexity index is 1520. The third-order valence-electron chi connectivity index (χ3n) is 6.35. The highest BCUT2D eigenvalue weighted by Gasteiger charge is 2.34. The smallest absolute Gasteiger partial charge is 0.255 e. The summed E-state index contributed by atoms with van der Waals surface area (Å²) in [6.45, 7) is 6.36. The van der Waals surface area contributed by atoms with E-state index in [4.69, 9.17) is 26.4 Å². The molecule has 1 unspecified atom stereocenters. The van der Waals surface area contributed by atoms with Crippen LogP contribution >= 0.6 is 23.4 Å². The molecule has 0 saturated carbocycles. The first-order chi connectivity index (χ1) is 18.9. The lowest BCUT2D eigenvalue weighted by Gasteiger charge is -2.29. The molecule has 0 aliphatic carbocycles. The fourth-order valence-corrected chi connectivity index (χ4v) is 5.25. The van der Waals surface area contributed by atoms with Crippen molar-refractivity contribution in [3.8, 4) is 5.75 Å². The van der Waals surface area contributed by atoms with Gasteiger partial charge in [-0.2, -0.15) is 4.98 Å². The standard InChI is InChI=1S/C30H30ClN5O2S/c1-4-16-39-30-34-29-32-20(3)26(28(37)33-23-14-12-19(2)13-15-23)27(36(29)35-30)21-9-7-10-24(17-21)38-18-22-8-5-6-11-25(22)31/h5-15,17,27H,4,16,18H2,1-3H3,(H,33,37)(H,32,34,35). The SMILES string of the molecule is CCCSc1nc2n(n1)C(c1cccc(OCc3ccccc3Cl)c1)C(C(=O)Nc1ccc(C)cc1)=C(C)N2. The zero-order chi connectivity index (χ0) is 27.4. The van der Waals surface area contributed by atoms with Crippen LogP contribution in [0.25, 0.3) is 0 Å². The molecule has 39 heavy (non-hydrogen) atoms. The Labute approximate surface area is 237 Å². The minimum absolute atomic E-state index is 0.208. The second kappa shape index (κ2) is 12.0. The number of carbonyl (C=O) groups is 1. The number of nitrogens with one attached hydrogen (secondary N) is 2. The largest absolute Gasteiger partial charge is 0.489 e. The van der Waals surface area contributed by atoms with E-state index in [-0.39, 0.29) is 5.91 Å². The van der Waals surface area contributed by atoms with E-state index in [0.29, 0.717) is 34.1 Å². The van der Waals surface area contributed by atoms with E-state index in [1.165, 1.54) is 0 Å². The maximum atomic E-state index is 13.7. The van der Waals surface area contributed by atoms with Crippen LogP contribution in [0.1, 0.15) is 43.0 Å². The molecule has 4 aromatic rings. The molecule has 9 heteroatoms. The highest BCUT2D eigenvalue weighted by Crippen LogP contribution is 2.38. The first-order valence-electron chi connectivity index (χ1n) is 12.8. The number of amides is 1. The monoisotopic (exact) mass is 559 g/mol. The molecule has 0 fully saturated rings. The zero-order valence-corrected chi connectivity index (χ0v) is 23.6. The molecule has 3 aromatic carbocycles. The molecule has 7 nitrogen and oxygen atoms in total. The highest BCUT2D eigenvalue weighted by atomic mass is 35.5. The Morgan fingerprint density at radius 2 is 1.90 bits per heavy atom. The predicted octanol–water partition coefficient (Wildman–Crippen LogP) is 7.25.